The molecule has 0 radical (unpaired) electrons. The Morgan fingerprint density at radius 3 is 2.15 bits per heavy atom. The van der Waals surface area contributed by atoms with Crippen molar-refractivity contribution in [2.75, 3.05) is 13.2 Å². The molecule has 2 N–H and O–H groups in total. The molecule has 16 heteroatoms. The predicted molar refractivity (Wildman–Crippen MR) is 138 cm³/mol. The summed E-state index contributed by atoms with van der Waals surface area (Å²) in [5, 5.41) is 4.96. The molecule has 2 rings (SSSR count). The van der Waals surface area contributed by atoms with Crippen LogP contribution in [-0.2, 0) is 38.2 Å². The van der Waals surface area contributed by atoms with Crippen LogP contribution in [0, 0.1) is 11.3 Å². The Bertz CT molecular complexity index is 1160. The van der Waals surface area contributed by atoms with E-state index in [0.717, 1.165) is 4.90 Å². The molecule has 1 heterocycles. The van der Waals surface area contributed by atoms with E-state index >= 15 is 0 Å². The van der Waals surface area contributed by atoms with Crippen LogP contribution in [0.1, 0.15) is 61.3 Å². The highest BCUT2D eigenvalue weighted by Gasteiger charge is 2.62. The van der Waals surface area contributed by atoms with Crippen molar-refractivity contribution >= 4 is 34.0 Å². The van der Waals surface area contributed by atoms with Crippen molar-refractivity contribution in [2.24, 2.45) is 11.3 Å². The van der Waals surface area contributed by atoms with Gasteiger partial charge >= 0.3 is 27.7 Å². The Morgan fingerprint density at radius 1 is 1.12 bits per heavy atom. The van der Waals surface area contributed by atoms with Crippen LogP contribution in [0.4, 0.5) is 18.0 Å². The van der Waals surface area contributed by atoms with E-state index in [1.165, 1.54) is 6.08 Å². The van der Waals surface area contributed by atoms with Crippen LogP contribution in [0.2, 0.25) is 0 Å². The second kappa shape index (κ2) is 11.8. The molecule has 3 amide bonds. The summed E-state index contributed by atoms with van der Waals surface area (Å²) in [5.74, 6) is -3.12. The van der Waals surface area contributed by atoms with Crippen LogP contribution in [0.25, 0.3) is 0 Å². The molecule has 1 aliphatic carbocycles. The van der Waals surface area contributed by atoms with E-state index in [2.05, 4.69) is 21.4 Å². The van der Waals surface area contributed by atoms with Crippen LogP contribution in [0.15, 0.2) is 12.7 Å². The number of ether oxygens (including phenoxy) is 2. The minimum Gasteiger partial charge on any atom is -0.464 e. The highest BCUT2D eigenvalue weighted by atomic mass is 32.2. The first-order valence-electron chi connectivity index (χ1n) is 12.9. The van der Waals surface area contributed by atoms with Gasteiger partial charge in [-0.05, 0) is 39.5 Å². The van der Waals surface area contributed by atoms with Crippen LogP contribution in [-0.4, -0.2) is 85.2 Å². The number of carbonyl (C=O) groups excluding carboxylic acids is 4. The molecule has 234 valence electrons. The van der Waals surface area contributed by atoms with E-state index in [1.807, 2.05) is 0 Å². The normalized spacial score (nSPS) is 25.6. The standard InChI is InChI=1S/C25H38F3N3O9S/c1-9-14-12-24(14,20(34)38-10-2)30-18(32)16-11-15(40-41(36,37)25(26,27)28)13-31(16)19(33)17(22(3,4)5)29-21(35)39-23(6,7)8/h9,14-17H,1,10-13H2,2-8H3,(H,29,35)(H,30,32)/t14-,15+,16+,17-,24-/m1/s1. The topological polar surface area (TPSA) is 157 Å². The summed E-state index contributed by atoms with van der Waals surface area (Å²) < 4.78 is 77.2. The predicted octanol–water partition coefficient (Wildman–Crippen LogP) is 2.39. The van der Waals surface area contributed by atoms with Gasteiger partial charge in [-0.2, -0.15) is 21.6 Å². The fourth-order valence-electron chi connectivity index (χ4n) is 4.40. The van der Waals surface area contributed by atoms with E-state index in [4.69, 9.17) is 9.47 Å². The first kappa shape index (κ1) is 34.3. The zero-order valence-electron chi connectivity index (χ0n) is 24.1. The molecule has 41 heavy (non-hydrogen) atoms. The summed E-state index contributed by atoms with van der Waals surface area (Å²) >= 11 is 0. The lowest BCUT2D eigenvalue weighted by molar-refractivity contribution is -0.150. The average Bonchev–Trinajstić information content (AvgIpc) is 3.34. The highest BCUT2D eigenvalue weighted by molar-refractivity contribution is 7.87. The number of rotatable bonds is 9. The third-order valence-corrected chi connectivity index (χ3v) is 7.55. The molecule has 1 saturated carbocycles. The zero-order valence-corrected chi connectivity index (χ0v) is 24.9. The lowest BCUT2D eigenvalue weighted by Gasteiger charge is -2.36. The Balaban J connectivity index is 2.44. The molecule has 0 spiro atoms. The fourth-order valence-corrected chi connectivity index (χ4v) is 5.00. The molecule has 5 atom stereocenters. The summed E-state index contributed by atoms with van der Waals surface area (Å²) in [6.07, 6.45) is -1.80. The van der Waals surface area contributed by atoms with Crippen molar-refractivity contribution in [1.29, 1.82) is 0 Å². The Hall–Kier alpha value is -2.88. The lowest BCUT2D eigenvalue weighted by atomic mass is 9.85. The van der Waals surface area contributed by atoms with Crippen LogP contribution >= 0.6 is 0 Å². The molecular weight excluding hydrogens is 575 g/mol. The quantitative estimate of drug-likeness (QED) is 0.172. The number of likely N-dealkylation sites (tertiary alicyclic amines) is 1. The van der Waals surface area contributed by atoms with Crippen LogP contribution < -0.4 is 10.6 Å². The van der Waals surface area contributed by atoms with E-state index < -0.39 is 93.1 Å². The summed E-state index contributed by atoms with van der Waals surface area (Å²) in [5.41, 5.74) is -9.17. The number of alkyl carbamates (subject to hydrolysis) is 1. The molecule has 12 nitrogen and oxygen atoms in total. The molecule has 2 fully saturated rings. The van der Waals surface area contributed by atoms with Gasteiger partial charge in [0.2, 0.25) is 11.8 Å². The third kappa shape index (κ3) is 8.11. The maximum atomic E-state index is 13.8. The van der Waals surface area contributed by atoms with Crippen molar-refractivity contribution in [3.8, 4) is 0 Å². The van der Waals surface area contributed by atoms with Gasteiger partial charge in [-0.3, -0.25) is 13.8 Å². The number of hydrogen-bond donors (Lipinski definition) is 2. The van der Waals surface area contributed by atoms with Gasteiger partial charge in [0.25, 0.3) is 0 Å². The van der Waals surface area contributed by atoms with Gasteiger partial charge in [-0.1, -0.05) is 26.8 Å². The Labute approximate surface area is 237 Å². The SMILES string of the molecule is C=C[C@@H]1C[C@]1(NC(=O)[C@@H]1C[C@H](OS(=O)(=O)C(F)(F)F)CN1C(=O)[C@@H](NC(=O)OC(C)(C)C)C(C)(C)C)C(=O)OCC. The summed E-state index contributed by atoms with van der Waals surface area (Å²) in [6, 6.07) is -2.91. The number of carbonyl (C=O) groups is 4. The van der Waals surface area contributed by atoms with E-state index in [9.17, 15) is 40.8 Å². The van der Waals surface area contributed by atoms with Crippen molar-refractivity contribution in [1.82, 2.24) is 15.5 Å². The van der Waals surface area contributed by atoms with Crippen molar-refractivity contribution in [3.63, 3.8) is 0 Å². The smallest absolute Gasteiger partial charge is 0.464 e. The van der Waals surface area contributed by atoms with E-state index in [1.54, 1.807) is 48.5 Å². The number of nitrogens with zero attached hydrogens (tertiary/aromatic N) is 1. The Kier molecular flexibility index (Phi) is 9.86. The lowest BCUT2D eigenvalue weighted by Crippen LogP contribution is -2.59. The maximum Gasteiger partial charge on any atom is 0.523 e. The summed E-state index contributed by atoms with van der Waals surface area (Å²) in [4.78, 5) is 53.3. The first-order valence-corrected chi connectivity index (χ1v) is 14.3. The fraction of sp³-hybridized carbons (Fsp3) is 0.760. The second-order valence-electron chi connectivity index (χ2n) is 12.0. The number of alkyl halides is 3. The van der Waals surface area contributed by atoms with Gasteiger partial charge in [0, 0.05) is 18.9 Å². The van der Waals surface area contributed by atoms with Gasteiger partial charge in [-0.15, -0.1) is 6.58 Å². The summed E-state index contributed by atoms with van der Waals surface area (Å²) in [7, 11) is -6.07. The number of amides is 3. The molecule has 0 unspecified atom stereocenters. The maximum absolute atomic E-state index is 13.8. The first-order chi connectivity index (χ1) is 18.5. The molecular formula is C25H38F3N3O9S. The number of nitrogens with one attached hydrogen (secondary N) is 2. The van der Waals surface area contributed by atoms with Gasteiger partial charge in [0.05, 0.1) is 12.7 Å². The van der Waals surface area contributed by atoms with Gasteiger partial charge < -0.3 is 25.0 Å². The molecule has 0 aromatic carbocycles. The minimum atomic E-state index is -6.07. The third-order valence-electron chi connectivity index (χ3n) is 6.45. The minimum absolute atomic E-state index is 0.00314. The van der Waals surface area contributed by atoms with Crippen molar-refractivity contribution in [2.45, 2.75) is 96.1 Å². The van der Waals surface area contributed by atoms with Gasteiger partial charge in [0.15, 0.2) is 0 Å². The number of halogens is 3. The van der Waals surface area contributed by atoms with Crippen molar-refractivity contribution < 1.29 is 54.4 Å². The van der Waals surface area contributed by atoms with Gasteiger partial charge in [0.1, 0.15) is 23.2 Å². The molecule has 0 aromatic rings. The van der Waals surface area contributed by atoms with Gasteiger partial charge in [-0.25, -0.2) is 9.59 Å². The monoisotopic (exact) mass is 613 g/mol. The molecule has 2 aliphatic rings. The molecule has 0 aromatic heterocycles. The van der Waals surface area contributed by atoms with Crippen LogP contribution in [0.5, 0.6) is 0 Å². The second-order valence-corrected chi connectivity index (χ2v) is 13.6. The van der Waals surface area contributed by atoms with E-state index in [-0.39, 0.29) is 13.0 Å². The molecule has 1 aliphatic heterocycles. The summed E-state index contributed by atoms with van der Waals surface area (Å²) in [6.45, 7) is 14.0. The average molecular weight is 614 g/mol. The van der Waals surface area contributed by atoms with Crippen LogP contribution in [0.3, 0.4) is 0 Å². The molecule has 0 bridgehead atoms. The van der Waals surface area contributed by atoms with E-state index in [0.29, 0.717) is 0 Å². The number of hydrogen-bond acceptors (Lipinski definition) is 9. The molecule has 1 saturated heterocycles. The number of esters is 1. The zero-order chi connectivity index (χ0) is 31.8. The Morgan fingerprint density at radius 2 is 1.71 bits per heavy atom. The largest absolute Gasteiger partial charge is 0.523 e. The van der Waals surface area contributed by atoms with Crippen molar-refractivity contribution in [3.05, 3.63) is 12.7 Å². The highest BCUT2D eigenvalue weighted by Crippen LogP contribution is 2.46.